The topological polar surface area (TPSA) is 70.9 Å². The third-order valence-electron chi connectivity index (χ3n) is 7.66. The van der Waals surface area contributed by atoms with Crippen LogP contribution in [0, 0.1) is 0 Å². The van der Waals surface area contributed by atoms with E-state index in [1.807, 2.05) is 9.47 Å². The second kappa shape index (κ2) is 10.0. The molecule has 3 fully saturated rings. The molecule has 8 heteroatoms. The lowest BCUT2D eigenvalue weighted by Gasteiger charge is -2.35. The van der Waals surface area contributed by atoms with Gasteiger partial charge in [-0.25, -0.2) is 4.98 Å². The number of fused-ring (bicyclic) bond motifs is 1. The summed E-state index contributed by atoms with van der Waals surface area (Å²) in [6.45, 7) is 8.60. The fourth-order valence-electron chi connectivity index (χ4n) is 5.67. The predicted octanol–water partition coefficient (Wildman–Crippen LogP) is 1.08. The van der Waals surface area contributed by atoms with E-state index < -0.39 is 0 Å². The van der Waals surface area contributed by atoms with E-state index in [0.717, 1.165) is 96.0 Å². The van der Waals surface area contributed by atoms with Crippen LogP contribution in [-0.2, 0) is 22.5 Å². The van der Waals surface area contributed by atoms with Gasteiger partial charge >= 0.3 is 0 Å². The van der Waals surface area contributed by atoms with Gasteiger partial charge in [0.1, 0.15) is 5.82 Å². The smallest absolute Gasteiger partial charge is 0.253 e. The third kappa shape index (κ3) is 5.07. The predicted molar refractivity (Wildman–Crippen MR) is 122 cm³/mol. The fourth-order valence-corrected chi connectivity index (χ4v) is 5.67. The number of rotatable bonds is 5. The van der Waals surface area contributed by atoms with Gasteiger partial charge in [0.15, 0.2) is 0 Å². The highest BCUT2D eigenvalue weighted by molar-refractivity contribution is 5.78. The van der Waals surface area contributed by atoms with Crippen molar-refractivity contribution >= 4 is 5.91 Å². The zero-order valence-electron chi connectivity index (χ0n) is 19.2. The summed E-state index contributed by atoms with van der Waals surface area (Å²) >= 11 is 0. The van der Waals surface area contributed by atoms with Gasteiger partial charge in [0, 0.05) is 77.4 Å². The molecule has 1 aromatic rings. The standard InChI is InChI=1S/C24H37N5O3/c30-23-15-21(25-22-6-2-1-3-8-29(22)23)19-7-9-28(16-19)24(31)18-27-12-10-26(11-13-27)17-20-5-4-14-32-20/h15,19-20H,1-14,16-18H2/t19-,20-/m0/s1. The monoisotopic (exact) mass is 443 g/mol. The maximum Gasteiger partial charge on any atom is 0.253 e. The second-order valence-electron chi connectivity index (χ2n) is 9.93. The molecule has 1 amide bonds. The van der Waals surface area contributed by atoms with Crippen LogP contribution in [0.15, 0.2) is 10.9 Å². The number of piperazine rings is 1. The highest BCUT2D eigenvalue weighted by Crippen LogP contribution is 2.26. The molecular formula is C24H37N5O3. The first kappa shape index (κ1) is 22.0. The highest BCUT2D eigenvalue weighted by atomic mass is 16.5. The molecule has 0 spiro atoms. The van der Waals surface area contributed by atoms with Gasteiger partial charge in [-0.15, -0.1) is 0 Å². The van der Waals surface area contributed by atoms with Crippen molar-refractivity contribution in [2.24, 2.45) is 0 Å². The van der Waals surface area contributed by atoms with Crippen molar-refractivity contribution in [1.82, 2.24) is 24.3 Å². The zero-order chi connectivity index (χ0) is 21.9. The Bertz CT molecular complexity index is 858. The number of ether oxygens (including phenoxy) is 1. The Labute approximate surface area is 190 Å². The molecule has 0 aliphatic carbocycles. The molecule has 4 aliphatic heterocycles. The summed E-state index contributed by atoms with van der Waals surface area (Å²) in [4.78, 5) is 37.2. The molecule has 0 aromatic carbocycles. The molecule has 3 saturated heterocycles. The van der Waals surface area contributed by atoms with Gasteiger partial charge in [-0.1, -0.05) is 6.42 Å². The van der Waals surface area contributed by atoms with E-state index in [1.165, 1.54) is 12.8 Å². The fraction of sp³-hybridized carbons (Fsp3) is 0.792. The molecule has 2 atom stereocenters. The van der Waals surface area contributed by atoms with Gasteiger partial charge < -0.3 is 9.64 Å². The Hall–Kier alpha value is -1.77. The van der Waals surface area contributed by atoms with Crippen LogP contribution in [0.25, 0.3) is 0 Å². The van der Waals surface area contributed by atoms with Crippen LogP contribution in [0.1, 0.15) is 56.0 Å². The van der Waals surface area contributed by atoms with Crippen LogP contribution < -0.4 is 5.56 Å². The number of hydrogen-bond acceptors (Lipinski definition) is 6. The molecule has 8 nitrogen and oxygen atoms in total. The third-order valence-corrected chi connectivity index (χ3v) is 7.66. The molecule has 32 heavy (non-hydrogen) atoms. The zero-order valence-corrected chi connectivity index (χ0v) is 19.2. The number of hydrogen-bond donors (Lipinski definition) is 0. The Morgan fingerprint density at radius 1 is 1.00 bits per heavy atom. The first-order valence-electron chi connectivity index (χ1n) is 12.6. The number of aryl methyl sites for hydroxylation is 1. The highest BCUT2D eigenvalue weighted by Gasteiger charge is 2.31. The van der Waals surface area contributed by atoms with E-state index in [1.54, 1.807) is 6.07 Å². The largest absolute Gasteiger partial charge is 0.377 e. The minimum absolute atomic E-state index is 0.0811. The molecule has 1 aromatic heterocycles. The molecular weight excluding hydrogens is 406 g/mol. The number of nitrogens with zero attached hydrogens (tertiary/aromatic N) is 5. The number of amides is 1. The number of carbonyl (C=O) groups is 1. The lowest BCUT2D eigenvalue weighted by Crippen LogP contribution is -2.51. The molecule has 5 rings (SSSR count). The van der Waals surface area contributed by atoms with E-state index in [0.29, 0.717) is 19.2 Å². The van der Waals surface area contributed by atoms with Crippen LogP contribution in [-0.4, -0.2) is 95.2 Å². The molecule has 176 valence electrons. The van der Waals surface area contributed by atoms with Crippen molar-refractivity contribution < 1.29 is 9.53 Å². The van der Waals surface area contributed by atoms with Gasteiger partial charge in [0.2, 0.25) is 5.91 Å². The van der Waals surface area contributed by atoms with Crippen LogP contribution in [0.4, 0.5) is 0 Å². The number of aromatic nitrogens is 2. The summed E-state index contributed by atoms with van der Waals surface area (Å²) in [6.07, 6.45) is 7.88. The Morgan fingerprint density at radius 2 is 1.84 bits per heavy atom. The average molecular weight is 444 g/mol. The molecule has 5 heterocycles. The van der Waals surface area contributed by atoms with Gasteiger partial charge in [-0.3, -0.25) is 24.0 Å². The SMILES string of the molecule is O=C(CN1CCN(C[C@@H]2CCCO2)CC1)N1CC[C@H](c2cc(=O)n3c(n2)CCCCC3)C1. The lowest BCUT2D eigenvalue weighted by molar-refractivity contribution is -0.131. The number of carbonyl (C=O) groups excluding carboxylic acids is 1. The summed E-state index contributed by atoms with van der Waals surface area (Å²) < 4.78 is 7.62. The average Bonchev–Trinajstić information content (AvgIpc) is 3.43. The van der Waals surface area contributed by atoms with E-state index >= 15 is 0 Å². The Balaban J connectivity index is 1.12. The maximum absolute atomic E-state index is 13.0. The minimum Gasteiger partial charge on any atom is -0.377 e. The van der Waals surface area contributed by atoms with Crippen molar-refractivity contribution in [3.8, 4) is 0 Å². The normalized spacial score (nSPS) is 27.4. The van der Waals surface area contributed by atoms with Crippen LogP contribution in [0.5, 0.6) is 0 Å². The van der Waals surface area contributed by atoms with Crippen molar-refractivity contribution in [2.45, 2.75) is 63.5 Å². The van der Waals surface area contributed by atoms with Crippen LogP contribution in [0.2, 0.25) is 0 Å². The van der Waals surface area contributed by atoms with Gasteiger partial charge in [-0.05, 0) is 32.1 Å². The van der Waals surface area contributed by atoms with Crippen molar-refractivity contribution in [3.05, 3.63) is 27.9 Å². The molecule has 0 N–H and O–H groups in total. The molecule has 0 saturated carbocycles. The molecule has 0 unspecified atom stereocenters. The molecule has 0 bridgehead atoms. The van der Waals surface area contributed by atoms with Gasteiger partial charge in [0.25, 0.3) is 5.56 Å². The van der Waals surface area contributed by atoms with Gasteiger partial charge in [0.05, 0.1) is 18.3 Å². The van der Waals surface area contributed by atoms with Crippen molar-refractivity contribution in [2.75, 3.05) is 59.0 Å². The maximum atomic E-state index is 13.0. The van der Waals surface area contributed by atoms with E-state index in [9.17, 15) is 9.59 Å². The second-order valence-corrected chi connectivity index (χ2v) is 9.93. The Morgan fingerprint density at radius 3 is 2.66 bits per heavy atom. The van der Waals surface area contributed by atoms with Crippen molar-refractivity contribution in [3.63, 3.8) is 0 Å². The van der Waals surface area contributed by atoms with E-state index in [-0.39, 0.29) is 17.4 Å². The first-order valence-corrected chi connectivity index (χ1v) is 12.6. The summed E-state index contributed by atoms with van der Waals surface area (Å²) in [5.41, 5.74) is 0.971. The summed E-state index contributed by atoms with van der Waals surface area (Å²) in [5.74, 6) is 1.34. The van der Waals surface area contributed by atoms with Crippen LogP contribution in [0.3, 0.4) is 0 Å². The van der Waals surface area contributed by atoms with E-state index in [2.05, 4.69) is 9.80 Å². The molecule has 4 aliphatic rings. The molecule has 0 radical (unpaired) electrons. The van der Waals surface area contributed by atoms with E-state index in [4.69, 9.17) is 9.72 Å². The van der Waals surface area contributed by atoms with Crippen molar-refractivity contribution in [1.29, 1.82) is 0 Å². The first-order chi connectivity index (χ1) is 15.7. The quantitative estimate of drug-likeness (QED) is 0.678. The lowest BCUT2D eigenvalue weighted by atomic mass is 10.0. The van der Waals surface area contributed by atoms with Crippen LogP contribution >= 0.6 is 0 Å². The van der Waals surface area contributed by atoms with Gasteiger partial charge in [-0.2, -0.15) is 0 Å². The summed E-state index contributed by atoms with van der Waals surface area (Å²) in [7, 11) is 0. The Kier molecular flexibility index (Phi) is 6.90. The number of likely N-dealkylation sites (tertiary alicyclic amines) is 1. The summed E-state index contributed by atoms with van der Waals surface area (Å²) in [5, 5.41) is 0. The minimum atomic E-state index is 0.0811. The summed E-state index contributed by atoms with van der Waals surface area (Å²) in [6, 6.07) is 1.72.